The summed E-state index contributed by atoms with van der Waals surface area (Å²) < 4.78 is 12.6. The quantitative estimate of drug-likeness (QED) is 0.405. The van der Waals surface area contributed by atoms with Gasteiger partial charge in [0.05, 0.1) is 37.2 Å². The summed E-state index contributed by atoms with van der Waals surface area (Å²) >= 11 is 1.56. The number of amides is 1. The first-order valence-electron chi connectivity index (χ1n) is 10.3. The molecule has 4 aromatic rings. The molecule has 7 heteroatoms. The van der Waals surface area contributed by atoms with Crippen molar-refractivity contribution in [2.24, 2.45) is 0 Å². The molecule has 0 fully saturated rings. The van der Waals surface area contributed by atoms with Crippen molar-refractivity contribution >= 4 is 17.2 Å². The number of rotatable bonds is 8. The summed E-state index contributed by atoms with van der Waals surface area (Å²) in [4.78, 5) is 14.3. The largest absolute Gasteiger partial charge is 0.497 e. The minimum absolute atomic E-state index is 0.190. The van der Waals surface area contributed by atoms with E-state index in [1.165, 1.54) is 0 Å². The summed E-state index contributed by atoms with van der Waals surface area (Å²) in [7, 11) is 3.23. The van der Waals surface area contributed by atoms with Crippen molar-refractivity contribution in [3.8, 4) is 22.1 Å². The van der Waals surface area contributed by atoms with Crippen LogP contribution in [-0.4, -0.2) is 29.9 Å². The van der Waals surface area contributed by atoms with Crippen LogP contribution >= 0.6 is 11.3 Å². The van der Waals surface area contributed by atoms with Crippen molar-refractivity contribution < 1.29 is 14.3 Å². The van der Waals surface area contributed by atoms with Crippen LogP contribution in [0, 0.1) is 0 Å². The van der Waals surface area contributed by atoms with Gasteiger partial charge in [-0.1, -0.05) is 36.4 Å². The monoisotopic (exact) mass is 447 g/mol. The summed E-state index contributed by atoms with van der Waals surface area (Å²) in [6.07, 6.45) is 1.81. The molecule has 1 atom stereocenters. The van der Waals surface area contributed by atoms with Gasteiger partial charge in [0.2, 0.25) is 0 Å². The van der Waals surface area contributed by atoms with Gasteiger partial charge in [0, 0.05) is 11.8 Å². The number of nitrogens with zero attached hydrogens (tertiary/aromatic N) is 2. The number of ether oxygens (including phenoxy) is 2. The van der Waals surface area contributed by atoms with E-state index in [1.54, 1.807) is 25.6 Å². The predicted molar refractivity (Wildman–Crippen MR) is 127 cm³/mol. The molecule has 1 unspecified atom stereocenters. The molecule has 1 amide bonds. The maximum absolute atomic E-state index is 13.3. The number of thiophene rings is 1. The van der Waals surface area contributed by atoms with Crippen LogP contribution in [0.1, 0.15) is 34.5 Å². The highest BCUT2D eigenvalue weighted by Gasteiger charge is 2.22. The third-order valence-electron chi connectivity index (χ3n) is 5.20. The van der Waals surface area contributed by atoms with Crippen molar-refractivity contribution in [2.45, 2.75) is 19.5 Å². The minimum atomic E-state index is -0.291. The second-order valence-corrected chi connectivity index (χ2v) is 8.30. The second-order valence-electron chi connectivity index (χ2n) is 7.35. The Hall–Kier alpha value is -3.58. The summed E-state index contributed by atoms with van der Waals surface area (Å²) in [6, 6.07) is 19.3. The molecule has 2 aromatic heterocycles. The molecule has 164 valence electrons. The van der Waals surface area contributed by atoms with Gasteiger partial charge in [-0.3, -0.25) is 9.48 Å². The molecule has 0 saturated heterocycles. The van der Waals surface area contributed by atoms with E-state index in [9.17, 15) is 4.79 Å². The number of hydrogen-bond acceptors (Lipinski definition) is 5. The SMILES string of the molecule is COc1ccc(OC)c(C(C)NC(=O)c2cn(Cc3ccccc3)nc2-c2cccs2)c1. The van der Waals surface area contributed by atoms with Crippen molar-refractivity contribution in [2.75, 3.05) is 14.2 Å². The Bertz CT molecular complexity index is 1190. The Morgan fingerprint density at radius 3 is 2.59 bits per heavy atom. The Balaban J connectivity index is 1.63. The van der Waals surface area contributed by atoms with Crippen molar-refractivity contribution in [3.63, 3.8) is 0 Å². The van der Waals surface area contributed by atoms with E-state index in [-0.39, 0.29) is 11.9 Å². The normalized spacial score (nSPS) is 11.7. The molecule has 0 aliphatic heterocycles. The molecule has 2 heterocycles. The number of aromatic nitrogens is 2. The average Bonchev–Trinajstić information content (AvgIpc) is 3.49. The summed E-state index contributed by atoms with van der Waals surface area (Å²) in [5, 5.41) is 9.81. The number of carbonyl (C=O) groups excluding carboxylic acids is 1. The van der Waals surface area contributed by atoms with Crippen LogP contribution in [0.5, 0.6) is 11.5 Å². The fourth-order valence-electron chi connectivity index (χ4n) is 3.56. The topological polar surface area (TPSA) is 65.4 Å². The van der Waals surface area contributed by atoms with Crippen molar-refractivity contribution in [3.05, 3.63) is 88.9 Å². The lowest BCUT2D eigenvalue weighted by atomic mass is 10.1. The average molecular weight is 448 g/mol. The van der Waals surface area contributed by atoms with Crippen LogP contribution < -0.4 is 14.8 Å². The molecule has 0 aliphatic rings. The zero-order valence-electron chi connectivity index (χ0n) is 18.2. The first-order valence-corrected chi connectivity index (χ1v) is 11.1. The van der Waals surface area contributed by atoms with Crippen LogP contribution in [0.25, 0.3) is 10.6 Å². The number of hydrogen-bond donors (Lipinski definition) is 1. The fourth-order valence-corrected chi connectivity index (χ4v) is 4.29. The first kappa shape index (κ1) is 21.6. The smallest absolute Gasteiger partial charge is 0.255 e. The Labute approximate surface area is 191 Å². The lowest BCUT2D eigenvalue weighted by Crippen LogP contribution is -2.27. The zero-order valence-corrected chi connectivity index (χ0v) is 19.1. The van der Waals surface area contributed by atoms with Gasteiger partial charge in [-0.25, -0.2) is 0 Å². The Morgan fingerprint density at radius 2 is 1.91 bits per heavy atom. The van der Waals surface area contributed by atoms with Crippen LogP contribution in [-0.2, 0) is 6.54 Å². The number of nitrogens with one attached hydrogen (secondary N) is 1. The van der Waals surface area contributed by atoms with E-state index in [0.29, 0.717) is 29.3 Å². The highest BCUT2D eigenvalue weighted by molar-refractivity contribution is 7.13. The molecule has 0 radical (unpaired) electrons. The van der Waals surface area contributed by atoms with E-state index in [1.807, 2.05) is 83.8 Å². The molecular formula is C25H25N3O3S. The van der Waals surface area contributed by atoms with E-state index >= 15 is 0 Å². The molecule has 0 spiro atoms. The fraction of sp³-hybridized carbons (Fsp3) is 0.200. The molecule has 0 bridgehead atoms. The van der Waals surface area contributed by atoms with E-state index in [0.717, 1.165) is 16.0 Å². The molecule has 32 heavy (non-hydrogen) atoms. The van der Waals surface area contributed by atoms with Gasteiger partial charge >= 0.3 is 0 Å². The van der Waals surface area contributed by atoms with E-state index in [4.69, 9.17) is 14.6 Å². The Kier molecular flexibility index (Phi) is 6.56. The number of benzene rings is 2. The Morgan fingerprint density at radius 1 is 1.09 bits per heavy atom. The van der Waals surface area contributed by atoms with Gasteiger partial charge in [0.1, 0.15) is 17.2 Å². The van der Waals surface area contributed by atoms with Crippen LogP contribution in [0.15, 0.2) is 72.2 Å². The minimum Gasteiger partial charge on any atom is -0.497 e. The van der Waals surface area contributed by atoms with Crippen molar-refractivity contribution in [1.82, 2.24) is 15.1 Å². The van der Waals surface area contributed by atoms with Gasteiger partial charge in [0.15, 0.2) is 0 Å². The van der Waals surface area contributed by atoms with Gasteiger partial charge in [-0.15, -0.1) is 11.3 Å². The highest BCUT2D eigenvalue weighted by atomic mass is 32.1. The van der Waals surface area contributed by atoms with E-state index < -0.39 is 0 Å². The molecule has 6 nitrogen and oxygen atoms in total. The highest BCUT2D eigenvalue weighted by Crippen LogP contribution is 2.31. The van der Waals surface area contributed by atoms with Gasteiger partial charge < -0.3 is 14.8 Å². The first-order chi connectivity index (χ1) is 15.6. The van der Waals surface area contributed by atoms with E-state index in [2.05, 4.69) is 5.32 Å². The third kappa shape index (κ3) is 4.68. The predicted octanol–water partition coefficient (Wildman–Crippen LogP) is 5.17. The molecular weight excluding hydrogens is 422 g/mol. The third-order valence-corrected chi connectivity index (χ3v) is 6.08. The van der Waals surface area contributed by atoms with Crippen LogP contribution in [0.3, 0.4) is 0 Å². The van der Waals surface area contributed by atoms with Crippen LogP contribution in [0.2, 0.25) is 0 Å². The number of methoxy groups -OCH3 is 2. The maximum Gasteiger partial charge on any atom is 0.255 e. The maximum atomic E-state index is 13.3. The molecule has 1 N–H and O–H groups in total. The van der Waals surface area contributed by atoms with Crippen LogP contribution in [0.4, 0.5) is 0 Å². The second kappa shape index (κ2) is 9.70. The lowest BCUT2D eigenvalue weighted by Gasteiger charge is -2.18. The standard InChI is InChI=1S/C25H25N3O3S/c1-17(20-14-19(30-2)11-12-22(20)31-3)26-25(29)21-16-28(15-18-8-5-4-6-9-18)27-24(21)23-10-7-13-32-23/h4-14,16-17H,15H2,1-3H3,(H,26,29). The van der Waals surface area contributed by atoms with Gasteiger partial charge in [-0.2, -0.15) is 5.10 Å². The molecule has 0 aliphatic carbocycles. The zero-order chi connectivity index (χ0) is 22.5. The lowest BCUT2D eigenvalue weighted by molar-refractivity contribution is 0.0940. The molecule has 2 aromatic carbocycles. The number of carbonyl (C=O) groups is 1. The van der Waals surface area contributed by atoms with Gasteiger partial charge in [0.25, 0.3) is 5.91 Å². The summed E-state index contributed by atoms with van der Waals surface area (Å²) in [5.41, 5.74) is 3.18. The summed E-state index contributed by atoms with van der Waals surface area (Å²) in [5.74, 6) is 1.21. The van der Waals surface area contributed by atoms with Crippen molar-refractivity contribution in [1.29, 1.82) is 0 Å². The molecule has 0 saturated carbocycles. The summed E-state index contributed by atoms with van der Waals surface area (Å²) in [6.45, 7) is 2.51. The van der Waals surface area contributed by atoms with Gasteiger partial charge in [-0.05, 0) is 42.1 Å². The molecule has 4 rings (SSSR count).